The molecule has 0 aliphatic heterocycles. The van der Waals surface area contributed by atoms with E-state index in [-0.39, 0.29) is 0 Å². The maximum absolute atomic E-state index is 8.73. The zero-order valence-corrected chi connectivity index (χ0v) is 9.61. The van der Waals surface area contributed by atoms with E-state index in [2.05, 4.69) is 22.5 Å². The number of thiazole rings is 1. The Morgan fingerprint density at radius 3 is 3.07 bits per heavy atom. The van der Waals surface area contributed by atoms with Crippen molar-refractivity contribution in [3.05, 3.63) is 22.2 Å². The number of hydrogen-bond acceptors (Lipinski definition) is 4. The molecule has 0 amide bonds. The molecule has 0 saturated heterocycles. The molecular formula is C10H10ClN3S. The monoisotopic (exact) mass is 239 g/mol. The Balaban J connectivity index is 2.04. The van der Waals surface area contributed by atoms with Crippen molar-refractivity contribution in [2.24, 2.45) is 0 Å². The lowest BCUT2D eigenvalue weighted by atomic mass is 10.0. The number of nitrogens with one attached hydrogen (secondary N) is 1. The summed E-state index contributed by atoms with van der Waals surface area (Å²) in [6.07, 6.45) is 7.58. The van der Waals surface area contributed by atoms with E-state index in [1.54, 1.807) is 0 Å². The van der Waals surface area contributed by atoms with Crippen LogP contribution in [0.2, 0.25) is 5.15 Å². The molecule has 1 aromatic heterocycles. The van der Waals surface area contributed by atoms with Gasteiger partial charge in [-0.2, -0.15) is 5.26 Å². The van der Waals surface area contributed by atoms with Gasteiger partial charge in [-0.1, -0.05) is 35.1 Å². The SMILES string of the molecule is N#Cc1sc(NC2CC=CCC2)nc1Cl. The number of allylic oxidation sites excluding steroid dienone is 1. The van der Waals surface area contributed by atoms with Crippen LogP contribution in [0.4, 0.5) is 5.13 Å². The zero-order valence-electron chi connectivity index (χ0n) is 8.03. The molecule has 2 rings (SSSR count). The number of hydrogen-bond donors (Lipinski definition) is 1. The van der Waals surface area contributed by atoms with E-state index < -0.39 is 0 Å². The molecule has 15 heavy (non-hydrogen) atoms. The number of anilines is 1. The lowest BCUT2D eigenvalue weighted by molar-refractivity contribution is 0.644. The van der Waals surface area contributed by atoms with E-state index in [4.69, 9.17) is 16.9 Å². The summed E-state index contributed by atoms with van der Waals surface area (Å²) in [4.78, 5) is 4.58. The number of nitrogens with zero attached hydrogens (tertiary/aromatic N) is 2. The summed E-state index contributed by atoms with van der Waals surface area (Å²) in [5.74, 6) is 0. The van der Waals surface area contributed by atoms with Crippen LogP contribution >= 0.6 is 22.9 Å². The highest BCUT2D eigenvalue weighted by molar-refractivity contribution is 7.16. The minimum Gasteiger partial charge on any atom is -0.358 e. The van der Waals surface area contributed by atoms with E-state index >= 15 is 0 Å². The van der Waals surface area contributed by atoms with Crippen LogP contribution in [0.1, 0.15) is 24.1 Å². The Morgan fingerprint density at radius 1 is 1.60 bits per heavy atom. The van der Waals surface area contributed by atoms with Gasteiger partial charge in [0.05, 0.1) is 0 Å². The first kappa shape index (κ1) is 10.5. The highest BCUT2D eigenvalue weighted by Gasteiger charge is 2.13. The van der Waals surface area contributed by atoms with Crippen LogP contribution in [0.15, 0.2) is 12.2 Å². The molecule has 0 spiro atoms. The fourth-order valence-electron chi connectivity index (χ4n) is 1.53. The normalized spacial score (nSPS) is 19.9. The Kier molecular flexibility index (Phi) is 3.24. The van der Waals surface area contributed by atoms with Crippen molar-refractivity contribution in [1.82, 2.24) is 4.98 Å². The van der Waals surface area contributed by atoms with Crippen LogP contribution in [-0.4, -0.2) is 11.0 Å². The van der Waals surface area contributed by atoms with E-state index in [0.717, 1.165) is 24.4 Å². The molecule has 1 N–H and O–H groups in total. The number of rotatable bonds is 2. The summed E-state index contributed by atoms with van der Waals surface area (Å²) in [7, 11) is 0. The molecule has 1 unspecified atom stereocenters. The molecule has 3 nitrogen and oxygen atoms in total. The smallest absolute Gasteiger partial charge is 0.185 e. The summed E-state index contributed by atoms with van der Waals surface area (Å²) >= 11 is 7.10. The van der Waals surface area contributed by atoms with Gasteiger partial charge in [0.2, 0.25) is 0 Å². The van der Waals surface area contributed by atoms with Crippen LogP contribution in [-0.2, 0) is 0 Å². The third kappa shape index (κ3) is 2.49. The van der Waals surface area contributed by atoms with Gasteiger partial charge in [-0.05, 0) is 19.3 Å². The number of aromatic nitrogens is 1. The molecule has 1 aromatic rings. The van der Waals surface area contributed by atoms with Crippen LogP contribution in [0.3, 0.4) is 0 Å². The molecule has 1 aliphatic rings. The Bertz CT molecular complexity index is 419. The van der Waals surface area contributed by atoms with Crippen molar-refractivity contribution in [2.45, 2.75) is 25.3 Å². The molecule has 0 fully saturated rings. The van der Waals surface area contributed by atoms with Crippen molar-refractivity contribution in [3.8, 4) is 6.07 Å². The van der Waals surface area contributed by atoms with Gasteiger partial charge in [0.25, 0.3) is 0 Å². The summed E-state index contributed by atoms with van der Waals surface area (Å²) < 4.78 is 0. The van der Waals surface area contributed by atoms with Gasteiger partial charge in [0, 0.05) is 6.04 Å². The van der Waals surface area contributed by atoms with Crippen molar-refractivity contribution >= 4 is 28.1 Å². The second-order valence-corrected chi connectivity index (χ2v) is 4.73. The van der Waals surface area contributed by atoms with Gasteiger partial charge >= 0.3 is 0 Å². The van der Waals surface area contributed by atoms with E-state index in [0.29, 0.717) is 16.1 Å². The quantitative estimate of drug-likeness (QED) is 0.807. The minimum absolute atomic E-state index is 0.302. The third-order valence-corrected chi connectivity index (χ3v) is 3.56. The largest absolute Gasteiger partial charge is 0.358 e. The van der Waals surface area contributed by atoms with Crippen molar-refractivity contribution in [1.29, 1.82) is 5.26 Å². The zero-order chi connectivity index (χ0) is 10.7. The number of nitriles is 1. The van der Waals surface area contributed by atoms with Crippen LogP contribution in [0.25, 0.3) is 0 Å². The van der Waals surface area contributed by atoms with E-state index in [1.807, 2.05) is 6.07 Å². The molecule has 1 atom stereocenters. The second kappa shape index (κ2) is 4.65. The highest BCUT2D eigenvalue weighted by atomic mass is 35.5. The summed E-state index contributed by atoms with van der Waals surface area (Å²) in [6.45, 7) is 0. The first-order valence-electron chi connectivity index (χ1n) is 4.77. The molecule has 0 radical (unpaired) electrons. The van der Waals surface area contributed by atoms with Gasteiger partial charge in [0.1, 0.15) is 10.9 Å². The van der Waals surface area contributed by atoms with Crippen molar-refractivity contribution in [3.63, 3.8) is 0 Å². The molecule has 0 bridgehead atoms. The van der Waals surface area contributed by atoms with Gasteiger partial charge in [-0.25, -0.2) is 4.98 Å². The van der Waals surface area contributed by atoms with Crippen LogP contribution < -0.4 is 5.32 Å². The predicted octanol–water partition coefficient (Wildman–Crippen LogP) is 3.19. The fraction of sp³-hybridized carbons (Fsp3) is 0.400. The third-order valence-electron chi connectivity index (χ3n) is 2.28. The molecule has 0 aromatic carbocycles. The van der Waals surface area contributed by atoms with Crippen molar-refractivity contribution in [2.75, 3.05) is 5.32 Å². The maximum atomic E-state index is 8.73. The standard InChI is InChI=1S/C10H10ClN3S/c11-9-8(6-12)15-10(14-9)13-7-4-2-1-3-5-7/h1-2,7H,3-5H2,(H,13,14). The second-order valence-electron chi connectivity index (χ2n) is 3.38. The van der Waals surface area contributed by atoms with Gasteiger partial charge in [0.15, 0.2) is 10.3 Å². The minimum atomic E-state index is 0.302. The summed E-state index contributed by atoms with van der Waals surface area (Å²) in [5.41, 5.74) is 0. The highest BCUT2D eigenvalue weighted by Crippen LogP contribution is 2.27. The van der Waals surface area contributed by atoms with E-state index in [9.17, 15) is 0 Å². The Labute approximate surface area is 97.4 Å². The summed E-state index contributed by atoms with van der Waals surface area (Å²) in [6, 6.07) is 2.44. The predicted molar refractivity (Wildman–Crippen MR) is 62.2 cm³/mol. The van der Waals surface area contributed by atoms with Crippen LogP contribution in [0.5, 0.6) is 0 Å². The Morgan fingerprint density at radius 2 is 2.47 bits per heavy atom. The molecular weight excluding hydrogens is 230 g/mol. The molecule has 0 saturated carbocycles. The lowest BCUT2D eigenvalue weighted by Gasteiger charge is -2.18. The summed E-state index contributed by atoms with van der Waals surface area (Å²) in [5, 5.41) is 13.1. The average molecular weight is 240 g/mol. The van der Waals surface area contributed by atoms with Crippen molar-refractivity contribution < 1.29 is 0 Å². The molecule has 1 aliphatic carbocycles. The van der Waals surface area contributed by atoms with Gasteiger partial charge in [-0.3, -0.25) is 0 Å². The first-order valence-corrected chi connectivity index (χ1v) is 5.97. The first-order chi connectivity index (χ1) is 7.29. The van der Waals surface area contributed by atoms with Crippen LogP contribution in [0, 0.1) is 11.3 Å². The molecule has 5 heteroatoms. The number of halogens is 1. The van der Waals surface area contributed by atoms with Gasteiger partial charge in [-0.15, -0.1) is 0 Å². The average Bonchev–Trinajstić information content (AvgIpc) is 2.60. The maximum Gasteiger partial charge on any atom is 0.185 e. The molecule has 78 valence electrons. The Hall–Kier alpha value is -1.05. The van der Waals surface area contributed by atoms with Gasteiger partial charge < -0.3 is 5.32 Å². The molecule has 1 heterocycles. The topological polar surface area (TPSA) is 48.7 Å². The van der Waals surface area contributed by atoms with E-state index in [1.165, 1.54) is 11.3 Å². The lowest BCUT2D eigenvalue weighted by Crippen LogP contribution is -2.19. The fourth-order valence-corrected chi connectivity index (χ4v) is 2.56.